The third kappa shape index (κ3) is 4.06. The fourth-order valence-corrected chi connectivity index (χ4v) is 6.79. The van der Waals surface area contributed by atoms with Gasteiger partial charge in [-0.05, 0) is 82.0 Å². The number of hydrogen-bond acceptors (Lipinski definition) is 5. The summed E-state index contributed by atoms with van der Waals surface area (Å²) in [5.41, 5.74) is -1.29. The lowest BCUT2D eigenvalue weighted by atomic mass is 9.49. The second kappa shape index (κ2) is 8.11. The fraction of sp³-hybridized carbons (Fsp3) is 0.833. The van der Waals surface area contributed by atoms with Crippen LogP contribution in [0.4, 0.5) is 0 Å². The van der Waals surface area contributed by atoms with Gasteiger partial charge in [0.1, 0.15) is 11.6 Å². The molecule has 5 aliphatic rings. The summed E-state index contributed by atoms with van der Waals surface area (Å²) in [4.78, 5) is 40.5. The van der Waals surface area contributed by atoms with Crippen LogP contribution >= 0.6 is 0 Å². The van der Waals surface area contributed by atoms with Gasteiger partial charge >= 0.3 is 5.97 Å². The molecule has 1 N–H and O–H groups in total. The predicted octanol–water partition coefficient (Wildman–Crippen LogP) is 2.79. The summed E-state index contributed by atoms with van der Waals surface area (Å²) in [6.45, 7) is 5.51. The molecule has 0 aromatic rings. The summed E-state index contributed by atoms with van der Waals surface area (Å²) in [7, 11) is 0. The molecule has 0 radical (unpaired) electrons. The van der Waals surface area contributed by atoms with E-state index in [1.165, 1.54) is 19.3 Å². The monoisotopic (exact) mass is 429 g/mol. The Morgan fingerprint density at radius 2 is 1.74 bits per heavy atom. The number of amides is 2. The molecule has 5 rings (SSSR count). The van der Waals surface area contributed by atoms with E-state index in [4.69, 9.17) is 4.74 Å². The highest BCUT2D eigenvalue weighted by Crippen LogP contribution is 2.60. The van der Waals surface area contributed by atoms with E-state index in [-0.39, 0.29) is 17.2 Å². The van der Waals surface area contributed by atoms with Crippen molar-refractivity contribution in [3.63, 3.8) is 0 Å². The van der Waals surface area contributed by atoms with Crippen molar-refractivity contribution >= 4 is 17.8 Å². The summed E-state index contributed by atoms with van der Waals surface area (Å²) in [6.07, 6.45) is 8.09. The lowest BCUT2D eigenvalue weighted by Crippen LogP contribution is -2.56. The van der Waals surface area contributed by atoms with Gasteiger partial charge in [-0.1, -0.05) is 13.8 Å². The Morgan fingerprint density at radius 1 is 1.16 bits per heavy atom. The van der Waals surface area contributed by atoms with E-state index in [0.29, 0.717) is 30.7 Å². The normalized spacial score (nSPS) is 35.5. The van der Waals surface area contributed by atoms with Crippen LogP contribution in [-0.4, -0.2) is 47.4 Å². The van der Waals surface area contributed by atoms with Gasteiger partial charge < -0.3 is 15.0 Å². The average Bonchev–Trinajstić information content (AvgIpc) is 3.20. The summed E-state index contributed by atoms with van der Waals surface area (Å²) in [6, 6.07) is 1.51. The molecule has 4 aliphatic carbocycles. The number of ether oxygens (including phenoxy) is 1. The van der Waals surface area contributed by atoms with E-state index in [1.54, 1.807) is 11.8 Å². The molecule has 7 heteroatoms. The van der Waals surface area contributed by atoms with Crippen LogP contribution in [0.25, 0.3) is 0 Å². The van der Waals surface area contributed by atoms with Gasteiger partial charge in [0, 0.05) is 6.54 Å². The van der Waals surface area contributed by atoms with Crippen LogP contribution in [0.3, 0.4) is 0 Å². The first-order valence-corrected chi connectivity index (χ1v) is 11.9. The topological polar surface area (TPSA) is 99.5 Å². The van der Waals surface area contributed by atoms with Gasteiger partial charge in [-0.25, -0.2) is 4.79 Å². The Labute approximate surface area is 184 Å². The number of likely N-dealkylation sites (tertiary alicyclic amines) is 1. The van der Waals surface area contributed by atoms with E-state index >= 15 is 0 Å². The Bertz CT molecular complexity index is 766. The van der Waals surface area contributed by atoms with Crippen LogP contribution in [0.15, 0.2) is 0 Å². The van der Waals surface area contributed by atoms with Crippen molar-refractivity contribution in [1.29, 1.82) is 5.26 Å². The van der Waals surface area contributed by atoms with Gasteiger partial charge in [0.25, 0.3) is 5.91 Å². The first kappa shape index (κ1) is 22.1. The molecule has 2 atom stereocenters. The van der Waals surface area contributed by atoms with Crippen LogP contribution < -0.4 is 5.32 Å². The Hall–Kier alpha value is -2.10. The minimum absolute atomic E-state index is 0.0830. The van der Waals surface area contributed by atoms with Gasteiger partial charge in [-0.15, -0.1) is 0 Å². The number of hydrogen-bond donors (Lipinski definition) is 1. The number of nitrogens with one attached hydrogen (secondary N) is 1. The van der Waals surface area contributed by atoms with Crippen LogP contribution in [0, 0.1) is 40.4 Å². The maximum Gasteiger partial charge on any atom is 0.329 e. The van der Waals surface area contributed by atoms with Crippen molar-refractivity contribution in [3.05, 3.63) is 0 Å². The average molecular weight is 430 g/mol. The number of rotatable bonds is 6. The maximum atomic E-state index is 13.7. The lowest BCUT2D eigenvalue weighted by molar-refractivity contribution is -0.166. The summed E-state index contributed by atoms with van der Waals surface area (Å²) >= 11 is 0. The zero-order chi connectivity index (χ0) is 22.4. The molecule has 2 amide bonds. The molecule has 4 bridgehead atoms. The molecule has 0 spiro atoms. The summed E-state index contributed by atoms with van der Waals surface area (Å²) < 4.78 is 5.30. The van der Waals surface area contributed by atoms with E-state index in [2.05, 4.69) is 11.4 Å². The smallest absolute Gasteiger partial charge is 0.329 e. The van der Waals surface area contributed by atoms with E-state index < -0.39 is 30.1 Å². The highest BCUT2D eigenvalue weighted by atomic mass is 16.5. The van der Waals surface area contributed by atoms with Crippen molar-refractivity contribution in [3.8, 4) is 6.07 Å². The van der Waals surface area contributed by atoms with Crippen molar-refractivity contribution in [1.82, 2.24) is 10.2 Å². The summed E-state index contributed by atoms with van der Waals surface area (Å²) in [5.74, 6) is 1.07. The van der Waals surface area contributed by atoms with Crippen molar-refractivity contribution in [2.45, 2.75) is 83.7 Å². The molecular formula is C24H35N3O4. The van der Waals surface area contributed by atoms with E-state index in [0.717, 1.165) is 25.7 Å². The quantitative estimate of drug-likeness (QED) is 0.655. The summed E-state index contributed by atoms with van der Waals surface area (Å²) in [5, 5.41) is 12.0. The first-order chi connectivity index (χ1) is 14.7. The third-order valence-electron chi connectivity index (χ3n) is 8.41. The maximum absolute atomic E-state index is 13.7. The molecule has 0 aromatic heterocycles. The van der Waals surface area contributed by atoms with Gasteiger partial charge in [0.05, 0.1) is 11.5 Å². The minimum atomic E-state index is -1.02. The van der Waals surface area contributed by atoms with Crippen molar-refractivity contribution < 1.29 is 19.1 Å². The highest BCUT2D eigenvalue weighted by Gasteiger charge is 2.57. The Morgan fingerprint density at radius 3 is 2.26 bits per heavy atom. The molecule has 0 unspecified atom stereocenters. The molecule has 0 aromatic carbocycles. The fourth-order valence-electron chi connectivity index (χ4n) is 6.79. The van der Waals surface area contributed by atoms with Gasteiger partial charge in [-0.3, -0.25) is 9.59 Å². The van der Waals surface area contributed by atoms with Gasteiger partial charge in [0.2, 0.25) is 5.91 Å². The van der Waals surface area contributed by atoms with Crippen LogP contribution in [0.2, 0.25) is 0 Å². The second-order valence-electron chi connectivity index (χ2n) is 11.0. The lowest BCUT2D eigenvalue weighted by Gasteiger charge is -2.56. The van der Waals surface area contributed by atoms with Gasteiger partial charge in [0.15, 0.2) is 6.61 Å². The van der Waals surface area contributed by atoms with E-state index in [9.17, 15) is 19.6 Å². The molecule has 1 aliphatic heterocycles. The van der Waals surface area contributed by atoms with E-state index in [1.807, 2.05) is 13.8 Å². The van der Waals surface area contributed by atoms with Crippen LogP contribution in [0.1, 0.15) is 72.1 Å². The number of esters is 1. The predicted molar refractivity (Wildman–Crippen MR) is 113 cm³/mol. The molecule has 31 heavy (non-hydrogen) atoms. The molecule has 170 valence electrons. The molecule has 5 fully saturated rings. The number of carbonyl (C=O) groups is 3. The Kier molecular flexibility index (Phi) is 5.78. The van der Waals surface area contributed by atoms with Crippen molar-refractivity contribution in [2.24, 2.45) is 29.1 Å². The number of nitrogens with zero attached hydrogens (tertiary/aromatic N) is 2. The largest absolute Gasteiger partial charge is 0.454 e. The zero-order valence-corrected chi connectivity index (χ0v) is 19.0. The molecule has 1 heterocycles. The molecular weight excluding hydrogens is 394 g/mol. The molecule has 7 nitrogen and oxygen atoms in total. The number of nitriles is 1. The minimum Gasteiger partial charge on any atom is -0.454 e. The Balaban J connectivity index is 1.36. The SMILES string of the molecule is CC(C)[C@](C)(C#N)NC(=O)COC(=O)[C@H]1CCCN1C(=O)C12CC3CC(CC(C3)C1)C2. The standard InChI is InChI=1S/C24H35N3O4/c1-15(2)23(3,14-25)26-20(28)13-31-21(29)19-5-4-6-27(19)22(30)24-10-16-7-17(11-24)9-18(8-16)12-24/h15-19H,4-13H2,1-3H3,(H,26,28)/t16?,17?,18?,19-,23+,24?/m1/s1. The molecule has 1 saturated heterocycles. The zero-order valence-electron chi connectivity index (χ0n) is 19.0. The first-order valence-electron chi connectivity index (χ1n) is 11.9. The number of carbonyl (C=O) groups excluding carboxylic acids is 3. The van der Waals surface area contributed by atoms with Crippen LogP contribution in [0.5, 0.6) is 0 Å². The highest BCUT2D eigenvalue weighted by molar-refractivity contribution is 5.90. The van der Waals surface area contributed by atoms with Gasteiger partial charge in [-0.2, -0.15) is 5.26 Å². The molecule has 4 saturated carbocycles. The van der Waals surface area contributed by atoms with Crippen LogP contribution in [-0.2, 0) is 19.1 Å². The third-order valence-corrected chi connectivity index (χ3v) is 8.41. The van der Waals surface area contributed by atoms with Crippen molar-refractivity contribution in [2.75, 3.05) is 13.2 Å². The second-order valence-corrected chi connectivity index (χ2v) is 11.0.